The Balaban J connectivity index is 0.000000177. The first-order chi connectivity index (χ1) is 11.4. The molecule has 0 amide bonds. The van der Waals surface area contributed by atoms with Crippen LogP contribution in [0.5, 0.6) is 5.75 Å². The maximum Gasteiger partial charge on any atom is 0.336 e. The summed E-state index contributed by atoms with van der Waals surface area (Å²) in [6.07, 6.45) is 0.435. The van der Waals surface area contributed by atoms with Gasteiger partial charge in [0.25, 0.3) is 0 Å². The van der Waals surface area contributed by atoms with Gasteiger partial charge in [0.2, 0.25) is 0 Å². The van der Waals surface area contributed by atoms with E-state index in [9.17, 15) is 14.4 Å². The third-order valence-corrected chi connectivity index (χ3v) is 3.83. The average molecular weight is 333 g/mol. The quantitative estimate of drug-likeness (QED) is 0.819. The third-order valence-electron chi connectivity index (χ3n) is 3.83. The third kappa shape index (κ3) is 4.42. The van der Waals surface area contributed by atoms with E-state index in [-0.39, 0.29) is 17.3 Å². The minimum absolute atomic E-state index is 0.0706. The number of carboxylic acids is 1. The van der Waals surface area contributed by atoms with E-state index in [1.807, 2.05) is 12.1 Å². The van der Waals surface area contributed by atoms with Crippen molar-refractivity contribution in [2.24, 2.45) is 5.92 Å². The van der Waals surface area contributed by atoms with Gasteiger partial charge in [0, 0.05) is 30.0 Å². The molecule has 1 fully saturated rings. The normalized spacial score (nSPS) is 19.4. The van der Waals surface area contributed by atoms with Crippen LogP contribution in [0, 0.1) is 5.92 Å². The predicted octanol–water partition coefficient (Wildman–Crippen LogP) is 1.44. The number of fused-ring (bicyclic) bond motifs is 1. The zero-order valence-corrected chi connectivity index (χ0v) is 13.4. The number of carboxylic acid groups (broad SMARTS) is 1. The van der Waals surface area contributed by atoms with Gasteiger partial charge in [-0.3, -0.25) is 9.59 Å². The maximum atomic E-state index is 10.9. The molecule has 1 aromatic heterocycles. The van der Waals surface area contributed by atoms with E-state index in [0.29, 0.717) is 24.3 Å². The molecule has 1 unspecified atom stereocenters. The number of rotatable bonds is 3. The van der Waals surface area contributed by atoms with Gasteiger partial charge in [0.1, 0.15) is 23.2 Å². The van der Waals surface area contributed by atoms with Crippen LogP contribution in [0.3, 0.4) is 0 Å². The number of aliphatic carboxylic acids is 1. The number of Topliss-reactive ketones (excluding diaryl/α,β-unsaturated/α-hetero) is 1. The van der Waals surface area contributed by atoms with Crippen LogP contribution in [0.4, 0.5) is 0 Å². The van der Waals surface area contributed by atoms with Crippen LogP contribution in [0.15, 0.2) is 39.5 Å². The summed E-state index contributed by atoms with van der Waals surface area (Å²) >= 11 is 0. The Labute approximate surface area is 138 Å². The van der Waals surface area contributed by atoms with Crippen LogP contribution >= 0.6 is 0 Å². The van der Waals surface area contributed by atoms with Gasteiger partial charge in [-0.15, -0.1) is 0 Å². The van der Waals surface area contributed by atoms with Crippen molar-refractivity contribution >= 4 is 22.7 Å². The van der Waals surface area contributed by atoms with Gasteiger partial charge in [-0.1, -0.05) is 0 Å². The number of benzene rings is 1. The van der Waals surface area contributed by atoms with Crippen molar-refractivity contribution in [3.05, 3.63) is 40.8 Å². The fourth-order valence-electron chi connectivity index (χ4n) is 2.40. The van der Waals surface area contributed by atoms with Crippen molar-refractivity contribution in [1.82, 2.24) is 5.32 Å². The van der Waals surface area contributed by atoms with Crippen molar-refractivity contribution < 1.29 is 23.8 Å². The maximum absolute atomic E-state index is 10.9. The molecule has 2 aromatic rings. The topological polar surface area (TPSA) is 106 Å². The Morgan fingerprint density at radius 3 is 2.54 bits per heavy atom. The van der Waals surface area contributed by atoms with Crippen LogP contribution in [0.1, 0.15) is 13.3 Å². The second-order valence-corrected chi connectivity index (χ2v) is 5.50. The molecule has 0 bridgehead atoms. The number of ketones is 1. The Morgan fingerprint density at radius 2 is 2.00 bits per heavy atom. The molecule has 3 rings (SSSR count). The summed E-state index contributed by atoms with van der Waals surface area (Å²) in [4.78, 5) is 32.1. The van der Waals surface area contributed by atoms with Crippen LogP contribution < -0.4 is 15.7 Å². The molecule has 1 aromatic carbocycles. The number of nitrogens with one attached hydrogen (secondary N) is 1. The second-order valence-electron chi connectivity index (χ2n) is 5.50. The molecular formula is C17H19NO6. The monoisotopic (exact) mass is 333 g/mol. The highest BCUT2D eigenvalue weighted by Gasteiger charge is 2.31. The molecule has 24 heavy (non-hydrogen) atoms. The summed E-state index contributed by atoms with van der Waals surface area (Å²) in [5, 5.41) is 12.2. The highest BCUT2D eigenvalue weighted by Crippen LogP contribution is 2.18. The molecular weight excluding hydrogens is 314 g/mol. The standard InChI is InChI=1S/C10H8O3.C7H11NO3/c1-12-8-4-2-7-3-5-10(11)13-9(7)6-8;1-4(9)5-2-6(7(10)11)8-3-5/h2-6H,1H3;5-6,8H,2-3H2,1H3,(H,10,11)/t;5?,6-/m.0/s1. The first kappa shape index (κ1) is 17.7. The summed E-state index contributed by atoms with van der Waals surface area (Å²) < 4.78 is 9.97. The van der Waals surface area contributed by atoms with E-state index in [1.165, 1.54) is 13.0 Å². The molecule has 0 saturated carbocycles. The lowest BCUT2D eigenvalue weighted by molar-refractivity contribution is -0.139. The van der Waals surface area contributed by atoms with E-state index in [0.717, 1.165) is 5.39 Å². The van der Waals surface area contributed by atoms with E-state index in [1.54, 1.807) is 19.2 Å². The lowest BCUT2D eigenvalue weighted by Gasteiger charge is -2.01. The molecule has 1 aliphatic rings. The van der Waals surface area contributed by atoms with Gasteiger partial charge < -0.3 is 19.6 Å². The highest BCUT2D eigenvalue weighted by atomic mass is 16.5. The molecule has 0 spiro atoms. The SMILES string of the molecule is CC(=O)C1CN[C@H](C(=O)O)C1.COc1ccc2ccc(=O)oc2c1. The van der Waals surface area contributed by atoms with Gasteiger partial charge in [-0.05, 0) is 31.5 Å². The fourth-order valence-corrected chi connectivity index (χ4v) is 2.40. The minimum atomic E-state index is -0.867. The molecule has 1 saturated heterocycles. The first-order valence-electron chi connectivity index (χ1n) is 7.45. The summed E-state index contributed by atoms with van der Waals surface area (Å²) in [6, 6.07) is 7.95. The average Bonchev–Trinajstić information content (AvgIpc) is 3.05. The number of hydrogen-bond donors (Lipinski definition) is 2. The Morgan fingerprint density at radius 1 is 1.29 bits per heavy atom. The van der Waals surface area contributed by atoms with E-state index >= 15 is 0 Å². The Kier molecular flexibility index (Phi) is 5.70. The van der Waals surface area contributed by atoms with E-state index in [4.69, 9.17) is 14.3 Å². The van der Waals surface area contributed by atoms with Crippen LogP contribution in [-0.2, 0) is 9.59 Å². The summed E-state index contributed by atoms with van der Waals surface area (Å²) in [7, 11) is 1.57. The Bertz CT molecular complexity index is 777. The van der Waals surface area contributed by atoms with Crippen LogP contribution in [0.25, 0.3) is 11.0 Å². The van der Waals surface area contributed by atoms with Gasteiger partial charge >= 0.3 is 11.6 Å². The predicted molar refractivity (Wildman–Crippen MR) is 87.3 cm³/mol. The molecule has 2 atom stereocenters. The van der Waals surface area contributed by atoms with Crippen molar-refractivity contribution in [3.63, 3.8) is 0 Å². The molecule has 128 valence electrons. The molecule has 7 heteroatoms. The largest absolute Gasteiger partial charge is 0.497 e. The van der Waals surface area contributed by atoms with E-state index < -0.39 is 12.0 Å². The Hall–Kier alpha value is -2.67. The fraction of sp³-hybridized carbons (Fsp3) is 0.353. The molecule has 7 nitrogen and oxygen atoms in total. The molecule has 0 radical (unpaired) electrons. The summed E-state index contributed by atoms with van der Waals surface area (Å²) in [6.45, 7) is 2.00. The van der Waals surface area contributed by atoms with Gasteiger partial charge in [-0.2, -0.15) is 0 Å². The van der Waals surface area contributed by atoms with Crippen molar-refractivity contribution in [3.8, 4) is 5.75 Å². The van der Waals surface area contributed by atoms with Crippen molar-refractivity contribution in [2.75, 3.05) is 13.7 Å². The van der Waals surface area contributed by atoms with Gasteiger partial charge in [0.05, 0.1) is 7.11 Å². The second kappa shape index (κ2) is 7.74. The number of carbonyl (C=O) groups excluding carboxylic acids is 1. The van der Waals surface area contributed by atoms with Crippen molar-refractivity contribution in [2.45, 2.75) is 19.4 Å². The lowest BCUT2D eigenvalue weighted by Crippen LogP contribution is -2.29. The summed E-state index contributed by atoms with van der Waals surface area (Å²) in [5.41, 5.74) is 0.201. The zero-order valence-electron chi connectivity index (χ0n) is 13.4. The minimum Gasteiger partial charge on any atom is -0.497 e. The van der Waals surface area contributed by atoms with Gasteiger partial charge in [0.15, 0.2) is 0 Å². The number of carbonyl (C=O) groups is 2. The van der Waals surface area contributed by atoms with Crippen molar-refractivity contribution in [1.29, 1.82) is 0 Å². The zero-order chi connectivity index (χ0) is 17.7. The van der Waals surface area contributed by atoms with E-state index in [2.05, 4.69) is 5.32 Å². The highest BCUT2D eigenvalue weighted by molar-refractivity contribution is 5.81. The lowest BCUT2D eigenvalue weighted by atomic mass is 10.0. The molecule has 2 heterocycles. The number of ether oxygens (including phenoxy) is 1. The van der Waals surface area contributed by atoms with Crippen LogP contribution in [0.2, 0.25) is 0 Å². The smallest absolute Gasteiger partial charge is 0.336 e. The molecule has 2 N–H and O–H groups in total. The number of hydrogen-bond acceptors (Lipinski definition) is 6. The molecule has 1 aliphatic heterocycles. The van der Waals surface area contributed by atoms with Crippen LogP contribution in [-0.4, -0.2) is 36.6 Å². The first-order valence-corrected chi connectivity index (χ1v) is 7.45. The summed E-state index contributed by atoms with van der Waals surface area (Å²) in [5.74, 6) is -0.215. The van der Waals surface area contributed by atoms with Gasteiger partial charge in [-0.25, -0.2) is 4.79 Å². The molecule has 0 aliphatic carbocycles. The number of methoxy groups -OCH3 is 1.